The summed E-state index contributed by atoms with van der Waals surface area (Å²) >= 11 is 5.66. The summed E-state index contributed by atoms with van der Waals surface area (Å²) in [4.78, 5) is 0. The van der Waals surface area contributed by atoms with Crippen LogP contribution >= 0.6 is 11.6 Å². The van der Waals surface area contributed by atoms with Crippen LogP contribution in [0.5, 0.6) is 5.75 Å². The minimum absolute atomic E-state index is 0.0772. The summed E-state index contributed by atoms with van der Waals surface area (Å²) in [6, 6.07) is 8.06. The molecule has 1 N–H and O–H groups in total. The van der Waals surface area contributed by atoms with Crippen molar-refractivity contribution >= 4 is 11.6 Å². The predicted octanol–water partition coefficient (Wildman–Crippen LogP) is 4.25. The lowest BCUT2D eigenvalue weighted by Gasteiger charge is -2.14. The lowest BCUT2D eigenvalue weighted by Crippen LogP contribution is -2.03. The molecule has 0 aromatic heterocycles. The maximum atomic E-state index is 13.6. The molecule has 2 rings (SSSR count). The molecule has 0 bridgehead atoms. The van der Waals surface area contributed by atoms with E-state index >= 15 is 0 Å². The fourth-order valence-electron chi connectivity index (χ4n) is 1.77. The normalized spacial score (nSPS) is 12.2. The summed E-state index contributed by atoms with van der Waals surface area (Å²) in [6.07, 6.45) is -0.805. The molecule has 1 atom stereocenters. The van der Waals surface area contributed by atoms with Crippen molar-refractivity contribution in [2.24, 2.45) is 0 Å². The predicted molar refractivity (Wildman–Crippen MR) is 72.8 cm³/mol. The van der Waals surface area contributed by atoms with E-state index in [-0.39, 0.29) is 12.4 Å². The second-order valence-electron chi connectivity index (χ2n) is 4.38. The van der Waals surface area contributed by atoms with Crippen LogP contribution in [0.3, 0.4) is 0 Å². The molecule has 2 aromatic rings. The smallest absolute Gasteiger partial charge is 0.131 e. The molecule has 0 unspecified atom stereocenters. The molecule has 0 saturated heterocycles. The van der Waals surface area contributed by atoms with Gasteiger partial charge in [0, 0.05) is 22.2 Å². The van der Waals surface area contributed by atoms with Gasteiger partial charge >= 0.3 is 0 Å². The first kappa shape index (κ1) is 14.8. The molecular formula is C15H13ClF2O2. The van der Waals surface area contributed by atoms with Crippen LogP contribution in [0.2, 0.25) is 5.02 Å². The zero-order chi connectivity index (χ0) is 14.7. The van der Waals surface area contributed by atoms with Crippen LogP contribution in [0, 0.1) is 11.6 Å². The first-order valence-corrected chi connectivity index (χ1v) is 6.39. The number of aliphatic hydroxyl groups is 1. The molecule has 0 aliphatic carbocycles. The Bertz CT molecular complexity index is 615. The van der Waals surface area contributed by atoms with Gasteiger partial charge in [0.05, 0.1) is 6.10 Å². The number of ether oxygens (including phenoxy) is 1. The average molecular weight is 299 g/mol. The zero-order valence-corrected chi connectivity index (χ0v) is 11.5. The van der Waals surface area contributed by atoms with Gasteiger partial charge in [0.25, 0.3) is 0 Å². The fraction of sp³-hybridized carbons (Fsp3) is 0.200. The van der Waals surface area contributed by atoms with Crippen LogP contribution in [0.1, 0.15) is 24.2 Å². The molecule has 0 heterocycles. The molecule has 0 fully saturated rings. The summed E-state index contributed by atoms with van der Waals surface area (Å²) in [5, 5.41) is 9.88. The highest BCUT2D eigenvalue weighted by Crippen LogP contribution is 2.27. The third-order valence-electron chi connectivity index (χ3n) is 2.82. The van der Waals surface area contributed by atoms with Crippen molar-refractivity contribution in [3.63, 3.8) is 0 Å². The molecule has 2 aromatic carbocycles. The number of benzene rings is 2. The molecule has 0 saturated carbocycles. The van der Waals surface area contributed by atoms with Crippen molar-refractivity contribution in [2.45, 2.75) is 19.6 Å². The highest BCUT2D eigenvalue weighted by Gasteiger charge is 2.11. The van der Waals surface area contributed by atoms with E-state index in [1.807, 2.05) is 0 Å². The Morgan fingerprint density at radius 1 is 1.20 bits per heavy atom. The van der Waals surface area contributed by atoms with Gasteiger partial charge in [-0.3, -0.25) is 0 Å². The van der Waals surface area contributed by atoms with Gasteiger partial charge in [-0.05, 0) is 31.2 Å². The van der Waals surface area contributed by atoms with E-state index in [1.54, 1.807) is 13.0 Å². The van der Waals surface area contributed by atoms with Crippen molar-refractivity contribution < 1.29 is 18.6 Å². The molecule has 0 radical (unpaired) electrons. The van der Waals surface area contributed by atoms with E-state index in [0.717, 1.165) is 6.07 Å². The van der Waals surface area contributed by atoms with Crippen molar-refractivity contribution in [1.29, 1.82) is 0 Å². The van der Waals surface area contributed by atoms with Gasteiger partial charge < -0.3 is 9.84 Å². The largest absolute Gasteiger partial charge is 0.488 e. The number of rotatable bonds is 4. The highest BCUT2D eigenvalue weighted by molar-refractivity contribution is 6.30. The summed E-state index contributed by atoms with van der Waals surface area (Å²) in [5.41, 5.74) is 0.746. The van der Waals surface area contributed by atoms with Gasteiger partial charge in [0.15, 0.2) is 0 Å². The Kier molecular flexibility index (Phi) is 4.57. The lowest BCUT2D eigenvalue weighted by molar-refractivity contribution is 0.189. The second kappa shape index (κ2) is 6.20. The maximum Gasteiger partial charge on any atom is 0.131 e. The topological polar surface area (TPSA) is 29.5 Å². The standard InChI is InChI=1S/C15H13ClF2O2/c1-9(19)13-5-4-12(17)7-15(13)20-8-10-2-3-11(16)6-14(10)18/h2-7,9,19H,8H2,1H3/t9-/m1/s1. The third kappa shape index (κ3) is 3.46. The van der Waals surface area contributed by atoms with Crippen LogP contribution in [0.15, 0.2) is 36.4 Å². The van der Waals surface area contributed by atoms with Gasteiger partial charge in [0.1, 0.15) is 24.0 Å². The molecule has 20 heavy (non-hydrogen) atoms. The van der Waals surface area contributed by atoms with Crippen molar-refractivity contribution in [1.82, 2.24) is 0 Å². The summed E-state index contributed by atoms with van der Waals surface area (Å²) in [5.74, 6) is -0.789. The molecular weight excluding hydrogens is 286 g/mol. The van der Waals surface area contributed by atoms with E-state index in [9.17, 15) is 13.9 Å². The summed E-state index contributed by atoms with van der Waals surface area (Å²) in [7, 11) is 0. The van der Waals surface area contributed by atoms with Crippen LogP contribution in [0.4, 0.5) is 8.78 Å². The van der Waals surface area contributed by atoms with Crippen LogP contribution in [-0.4, -0.2) is 5.11 Å². The van der Waals surface area contributed by atoms with Gasteiger partial charge in [-0.25, -0.2) is 8.78 Å². The minimum atomic E-state index is -0.805. The van der Waals surface area contributed by atoms with Crippen molar-refractivity contribution in [3.05, 3.63) is 64.2 Å². The van der Waals surface area contributed by atoms with Gasteiger partial charge in [-0.15, -0.1) is 0 Å². The van der Waals surface area contributed by atoms with Gasteiger partial charge in [-0.2, -0.15) is 0 Å². The van der Waals surface area contributed by atoms with Crippen LogP contribution < -0.4 is 4.74 Å². The van der Waals surface area contributed by atoms with E-state index in [1.165, 1.54) is 24.3 Å². The van der Waals surface area contributed by atoms with Gasteiger partial charge in [0.2, 0.25) is 0 Å². The quantitative estimate of drug-likeness (QED) is 0.914. The van der Waals surface area contributed by atoms with Crippen molar-refractivity contribution in [3.8, 4) is 5.75 Å². The fourth-order valence-corrected chi connectivity index (χ4v) is 1.93. The monoisotopic (exact) mass is 298 g/mol. The molecule has 0 aliphatic heterocycles. The number of hydrogen-bond donors (Lipinski definition) is 1. The minimum Gasteiger partial charge on any atom is -0.488 e. The van der Waals surface area contributed by atoms with Gasteiger partial charge in [-0.1, -0.05) is 17.7 Å². The molecule has 0 spiro atoms. The Labute approximate surface area is 120 Å². The molecule has 106 valence electrons. The number of hydrogen-bond acceptors (Lipinski definition) is 2. The maximum absolute atomic E-state index is 13.6. The molecule has 2 nitrogen and oxygen atoms in total. The van der Waals surface area contributed by atoms with Crippen molar-refractivity contribution in [2.75, 3.05) is 0 Å². The number of aliphatic hydroxyl groups excluding tert-OH is 1. The Balaban J connectivity index is 2.20. The first-order chi connectivity index (χ1) is 9.47. The Hall–Kier alpha value is -1.65. The average Bonchev–Trinajstić information content (AvgIpc) is 2.37. The molecule has 0 aliphatic rings. The summed E-state index contributed by atoms with van der Waals surface area (Å²) in [6.45, 7) is 1.47. The molecule has 5 heteroatoms. The lowest BCUT2D eigenvalue weighted by atomic mass is 10.1. The SMILES string of the molecule is C[C@@H](O)c1ccc(F)cc1OCc1ccc(Cl)cc1F. The molecule has 0 amide bonds. The Morgan fingerprint density at radius 3 is 2.60 bits per heavy atom. The third-order valence-corrected chi connectivity index (χ3v) is 3.06. The second-order valence-corrected chi connectivity index (χ2v) is 4.82. The van der Waals surface area contributed by atoms with Crippen LogP contribution in [0.25, 0.3) is 0 Å². The van der Waals surface area contributed by atoms with E-state index < -0.39 is 17.7 Å². The van der Waals surface area contributed by atoms with Crippen LogP contribution in [-0.2, 0) is 6.61 Å². The van der Waals surface area contributed by atoms with E-state index in [4.69, 9.17) is 16.3 Å². The van der Waals surface area contributed by atoms with E-state index in [0.29, 0.717) is 16.1 Å². The zero-order valence-electron chi connectivity index (χ0n) is 10.7. The Morgan fingerprint density at radius 2 is 1.95 bits per heavy atom. The first-order valence-electron chi connectivity index (χ1n) is 6.01. The van der Waals surface area contributed by atoms with E-state index in [2.05, 4.69) is 0 Å². The number of halogens is 3. The summed E-state index contributed by atoms with van der Waals surface area (Å²) < 4.78 is 32.2. The highest BCUT2D eigenvalue weighted by atomic mass is 35.5.